The summed E-state index contributed by atoms with van der Waals surface area (Å²) >= 11 is 7.64. The maximum Gasteiger partial charge on any atom is 0.331 e. The van der Waals surface area contributed by atoms with Gasteiger partial charge in [0.2, 0.25) is 0 Å². The zero-order chi connectivity index (χ0) is 26.0. The normalized spacial score (nSPS) is 11.7. The Morgan fingerprint density at radius 1 is 1.14 bits per heavy atom. The van der Waals surface area contributed by atoms with Gasteiger partial charge in [0.05, 0.1) is 16.4 Å². The van der Waals surface area contributed by atoms with Gasteiger partial charge in [0.25, 0.3) is 21.5 Å². The summed E-state index contributed by atoms with van der Waals surface area (Å²) in [6, 6.07) is 11.6. The predicted octanol–water partition coefficient (Wildman–Crippen LogP) is 3.10. The highest BCUT2D eigenvalue weighted by molar-refractivity contribution is 7.91. The van der Waals surface area contributed by atoms with Crippen LogP contribution in [0.5, 0.6) is 0 Å². The number of nitrogens with zero attached hydrogens (tertiary/aromatic N) is 3. The highest BCUT2D eigenvalue weighted by atomic mass is 35.5. The fourth-order valence-electron chi connectivity index (χ4n) is 3.21. The lowest BCUT2D eigenvalue weighted by Crippen LogP contribution is -2.41. The van der Waals surface area contributed by atoms with Crippen molar-refractivity contribution in [3.63, 3.8) is 0 Å². The first-order chi connectivity index (χ1) is 17.1. The molecule has 0 saturated carbocycles. The number of hydrazine groups is 1. The first-order valence-electron chi connectivity index (χ1n) is 10.5. The second-order valence-electron chi connectivity index (χ2n) is 7.86. The second-order valence-corrected chi connectivity index (χ2v) is 12.3. The van der Waals surface area contributed by atoms with Crippen LogP contribution in [0.3, 0.4) is 0 Å². The lowest BCUT2D eigenvalue weighted by Gasteiger charge is -2.15. The monoisotopic (exact) mass is 565 g/mol. The van der Waals surface area contributed by atoms with Crippen molar-refractivity contribution in [3.05, 3.63) is 90.5 Å². The number of rotatable bonds is 8. The fourth-order valence-corrected chi connectivity index (χ4v) is 6.34. The van der Waals surface area contributed by atoms with Crippen molar-refractivity contribution < 1.29 is 13.2 Å². The molecule has 0 saturated heterocycles. The first-order valence-corrected chi connectivity index (χ1v) is 14.1. The largest absolute Gasteiger partial charge is 0.331 e. The quantitative estimate of drug-likeness (QED) is 0.316. The van der Waals surface area contributed by atoms with Gasteiger partial charge >= 0.3 is 5.69 Å². The zero-order valence-corrected chi connectivity index (χ0v) is 22.2. The van der Waals surface area contributed by atoms with E-state index in [1.807, 2.05) is 49.0 Å². The third-order valence-electron chi connectivity index (χ3n) is 5.01. The van der Waals surface area contributed by atoms with Crippen molar-refractivity contribution in [1.82, 2.24) is 24.4 Å². The average Bonchev–Trinajstić information content (AvgIpc) is 3.51. The highest BCUT2D eigenvalue weighted by Gasteiger charge is 2.21. The molecule has 3 heterocycles. The molecule has 188 valence electrons. The molecule has 0 fully saturated rings. The van der Waals surface area contributed by atoms with Gasteiger partial charge in [0, 0.05) is 17.6 Å². The minimum Gasteiger partial charge on any atom is -0.297 e. The molecule has 0 aliphatic heterocycles. The van der Waals surface area contributed by atoms with E-state index in [1.165, 1.54) is 28.3 Å². The van der Waals surface area contributed by atoms with Crippen LogP contribution < -0.4 is 21.5 Å². The third-order valence-corrected chi connectivity index (χ3v) is 8.86. The molecule has 0 aliphatic rings. The molecule has 0 aliphatic carbocycles. The summed E-state index contributed by atoms with van der Waals surface area (Å²) in [7, 11) is -4.01. The molecule has 14 heteroatoms. The molecule has 3 aromatic heterocycles. The number of sulfonamides is 1. The molecule has 0 bridgehead atoms. The van der Waals surface area contributed by atoms with Gasteiger partial charge in [0.1, 0.15) is 14.9 Å². The van der Waals surface area contributed by atoms with Crippen molar-refractivity contribution >= 4 is 50.2 Å². The van der Waals surface area contributed by atoms with Crippen LogP contribution >= 0.6 is 34.3 Å². The maximum absolute atomic E-state index is 13.3. The number of hydrogen-bond donors (Lipinski definition) is 2. The molecule has 0 radical (unpaired) electrons. The number of halogens is 1. The molecule has 0 spiro atoms. The minimum atomic E-state index is -4.01. The SMILES string of the molecule is CC(C)n1cc(-c2nc(C(=O)NNS(=O)(=O)c3ccc(Cl)s3)cs2)c(=O)n(Cc2ccccc2)c1=O. The van der Waals surface area contributed by atoms with Gasteiger partial charge in [-0.2, -0.15) is 0 Å². The molecular formula is C22H20ClN5O5S3. The van der Waals surface area contributed by atoms with Crippen molar-refractivity contribution in [2.45, 2.75) is 30.6 Å². The summed E-state index contributed by atoms with van der Waals surface area (Å²) in [6.45, 7) is 3.71. The van der Waals surface area contributed by atoms with Gasteiger partial charge in [-0.15, -0.1) is 27.5 Å². The Bertz CT molecular complexity index is 1640. The molecular weight excluding hydrogens is 546 g/mol. The fraction of sp³-hybridized carbons (Fsp3) is 0.182. The van der Waals surface area contributed by atoms with E-state index < -0.39 is 27.2 Å². The topological polar surface area (TPSA) is 132 Å². The van der Waals surface area contributed by atoms with E-state index in [0.29, 0.717) is 0 Å². The average molecular weight is 566 g/mol. The van der Waals surface area contributed by atoms with Crippen LogP contribution in [0.2, 0.25) is 4.34 Å². The molecule has 36 heavy (non-hydrogen) atoms. The van der Waals surface area contributed by atoms with E-state index >= 15 is 0 Å². The number of nitrogens with one attached hydrogen (secondary N) is 2. The number of carbonyl (C=O) groups excluding carboxylic acids is 1. The molecule has 10 nitrogen and oxygen atoms in total. The summed E-state index contributed by atoms with van der Waals surface area (Å²) in [5.41, 5.74) is 1.93. The molecule has 0 atom stereocenters. The molecule has 4 aromatic rings. The second kappa shape index (κ2) is 10.5. The Balaban J connectivity index is 1.63. The number of hydrogen-bond acceptors (Lipinski definition) is 8. The van der Waals surface area contributed by atoms with Crippen LogP contribution in [0.4, 0.5) is 0 Å². The Hall–Kier alpha value is -3.10. The zero-order valence-electron chi connectivity index (χ0n) is 19.0. The summed E-state index contributed by atoms with van der Waals surface area (Å²) in [5.74, 6) is -0.814. The molecule has 1 amide bonds. The van der Waals surface area contributed by atoms with Gasteiger partial charge in [0.15, 0.2) is 0 Å². The van der Waals surface area contributed by atoms with E-state index in [9.17, 15) is 22.8 Å². The first kappa shape index (κ1) is 26.0. The van der Waals surface area contributed by atoms with E-state index in [4.69, 9.17) is 11.6 Å². The third kappa shape index (κ3) is 5.50. The summed E-state index contributed by atoms with van der Waals surface area (Å²) < 4.78 is 27.4. The van der Waals surface area contributed by atoms with Crippen molar-refractivity contribution in [2.24, 2.45) is 0 Å². The van der Waals surface area contributed by atoms with E-state index in [2.05, 4.69) is 10.4 Å². The minimum absolute atomic E-state index is 0.0679. The number of thiazole rings is 1. The van der Waals surface area contributed by atoms with Gasteiger partial charge in [-0.05, 0) is 31.5 Å². The van der Waals surface area contributed by atoms with E-state index in [-0.39, 0.29) is 37.4 Å². The smallest absolute Gasteiger partial charge is 0.297 e. The van der Waals surface area contributed by atoms with E-state index in [0.717, 1.165) is 32.8 Å². The van der Waals surface area contributed by atoms with Crippen molar-refractivity contribution in [3.8, 4) is 10.6 Å². The summed E-state index contributed by atoms with van der Waals surface area (Å²) in [5, 5.41) is 1.61. The van der Waals surface area contributed by atoms with Gasteiger partial charge in [-0.3, -0.25) is 24.1 Å². The van der Waals surface area contributed by atoms with Crippen LogP contribution in [-0.2, 0) is 16.6 Å². The summed E-state index contributed by atoms with van der Waals surface area (Å²) in [4.78, 5) is 45.0. The highest BCUT2D eigenvalue weighted by Crippen LogP contribution is 2.25. The van der Waals surface area contributed by atoms with Crippen molar-refractivity contribution in [2.75, 3.05) is 0 Å². The lowest BCUT2D eigenvalue weighted by molar-refractivity contribution is 0.0941. The number of carbonyl (C=O) groups is 1. The van der Waals surface area contributed by atoms with Crippen LogP contribution in [0.1, 0.15) is 35.9 Å². The lowest BCUT2D eigenvalue weighted by atomic mass is 10.2. The van der Waals surface area contributed by atoms with Crippen LogP contribution in [0, 0.1) is 0 Å². The number of amides is 1. The number of aromatic nitrogens is 3. The van der Waals surface area contributed by atoms with Gasteiger partial charge in [-0.1, -0.05) is 41.9 Å². The Morgan fingerprint density at radius 2 is 1.86 bits per heavy atom. The van der Waals surface area contributed by atoms with Crippen LogP contribution in [0.25, 0.3) is 10.6 Å². The van der Waals surface area contributed by atoms with Crippen LogP contribution in [0.15, 0.2) is 67.8 Å². The van der Waals surface area contributed by atoms with Crippen LogP contribution in [-0.4, -0.2) is 28.4 Å². The Morgan fingerprint density at radius 3 is 2.50 bits per heavy atom. The molecule has 0 unspecified atom stereocenters. The number of thiophene rings is 1. The van der Waals surface area contributed by atoms with Gasteiger partial charge in [-0.25, -0.2) is 18.2 Å². The summed E-state index contributed by atoms with van der Waals surface area (Å²) in [6.07, 6.45) is 1.43. The predicted molar refractivity (Wildman–Crippen MR) is 139 cm³/mol. The molecule has 2 N–H and O–H groups in total. The Kier molecular flexibility index (Phi) is 7.57. The maximum atomic E-state index is 13.3. The standard InChI is InChI=1S/C22H20ClN5O5S3/c1-13(2)27-11-15(21(30)28(22(27)31)10-14-6-4-3-5-7-14)20-24-16(12-34-20)19(29)25-26-36(32,33)18-9-8-17(23)35-18/h3-9,11-13,26H,10H2,1-2H3,(H,25,29). The van der Waals surface area contributed by atoms with Crippen molar-refractivity contribution in [1.29, 1.82) is 0 Å². The molecule has 1 aromatic carbocycles. The Labute approximate surface area is 218 Å². The van der Waals surface area contributed by atoms with E-state index in [1.54, 1.807) is 0 Å². The number of benzene rings is 1. The molecule has 4 rings (SSSR count). The van der Waals surface area contributed by atoms with Gasteiger partial charge < -0.3 is 0 Å².